The SMILES string of the molecule is c1ccc(-c2ccccc2-c2cc(-c3cccc4c3-c3ccccc3C43c4ccccc4-c4ccccc43)nc(-c3ccc(-c4c5ccccc5cc5c4ccc4ccccc45)cc3)n2)cc1. The average molecular weight is 849 g/mol. The molecule has 0 radical (unpaired) electrons. The summed E-state index contributed by atoms with van der Waals surface area (Å²) in [6, 6.07) is 88.6. The minimum Gasteiger partial charge on any atom is -0.228 e. The fraction of sp³-hybridized carbons (Fsp3) is 0.0154. The highest BCUT2D eigenvalue weighted by Crippen LogP contribution is 2.64. The van der Waals surface area contributed by atoms with Gasteiger partial charge in [0.25, 0.3) is 0 Å². The van der Waals surface area contributed by atoms with E-state index in [-0.39, 0.29) is 0 Å². The van der Waals surface area contributed by atoms with Gasteiger partial charge in [-0.25, -0.2) is 9.97 Å². The van der Waals surface area contributed by atoms with Crippen molar-refractivity contribution in [1.82, 2.24) is 9.97 Å². The van der Waals surface area contributed by atoms with Crippen LogP contribution in [0, 0.1) is 0 Å². The van der Waals surface area contributed by atoms with Gasteiger partial charge in [-0.3, -0.25) is 0 Å². The van der Waals surface area contributed by atoms with Crippen molar-refractivity contribution in [2.24, 2.45) is 0 Å². The summed E-state index contributed by atoms with van der Waals surface area (Å²) in [4.78, 5) is 11.1. The maximum atomic E-state index is 5.58. The van der Waals surface area contributed by atoms with E-state index in [1.165, 1.54) is 82.4 Å². The minimum absolute atomic E-state index is 0.457. The zero-order chi connectivity index (χ0) is 44.1. The van der Waals surface area contributed by atoms with Crippen LogP contribution in [-0.2, 0) is 5.41 Å². The van der Waals surface area contributed by atoms with E-state index in [0.29, 0.717) is 5.82 Å². The molecule has 2 nitrogen and oxygen atoms in total. The van der Waals surface area contributed by atoms with Gasteiger partial charge in [-0.15, -0.1) is 0 Å². The van der Waals surface area contributed by atoms with Gasteiger partial charge in [0.1, 0.15) is 0 Å². The molecule has 0 atom stereocenters. The topological polar surface area (TPSA) is 25.8 Å². The van der Waals surface area contributed by atoms with Crippen LogP contribution in [0.3, 0.4) is 0 Å². The number of fused-ring (bicyclic) bond motifs is 14. The molecule has 0 aliphatic heterocycles. The van der Waals surface area contributed by atoms with Gasteiger partial charge < -0.3 is 0 Å². The number of aromatic nitrogens is 2. The molecule has 14 rings (SSSR count). The van der Waals surface area contributed by atoms with Crippen LogP contribution in [0.25, 0.3) is 111 Å². The molecular weight excluding hydrogens is 809 g/mol. The Morgan fingerprint density at radius 3 is 1.51 bits per heavy atom. The Kier molecular flexibility index (Phi) is 8.23. The quantitative estimate of drug-likeness (QED) is 0.127. The Morgan fingerprint density at radius 2 is 0.776 bits per heavy atom. The molecule has 0 N–H and O–H groups in total. The third-order valence-corrected chi connectivity index (χ3v) is 14.5. The van der Waals surface area contributed by atoms with Crippen molar-refractivity contribution in [2.45, 2.75) is 5.41 Å². The minimum atomic E-state index is -0.457. The van der Waals surface area contributed by atoms with E-state index in [1.54, 1.807) is 0 Å². The lowest BCUT2D eigenvalue weighted by Crippen LogP contribution is -2.25. The fourth-order valence-electron chi connectivity index (χ4n) is 11.7. The maximum absolute atomic E-state index is 5.58. The first kappa shape index (κ1) is 37.6. The number of hydrogen-bond acceptors (Lipinski definition) is 2. The molecule has 12 aromatic rings. The molecule has 2 aliphatic rings. The number of hydrogen-bond donors (Lipinski definition) is 0. The van der Waals surface area contributed by atoms with Crippen molar-refractivity contribution in [3.63, 3.8) is 0 Å². The molecule has 1 heterocycles. The third-order valence-electron chi connectivity index (χ3n) is 14.5. The summed E-state index contributed by atoms with van der Waals surface area (Å²) in [5.41, 5.74) is 19.4. The first-order valence-electron chi connectivity index (χ1n) is 23.1. The monoisotopic (exact) mass is 848 g/mol. The van der Waals surface area contributed by atoms with Crippen molar-refractivity contribution >= 4 is 32.3 Å². The Hall–Kier alpha value is -8.72. The predicted molar refractivity (Wildman–Crippen MR) is 278 cm³/mol. The lowest BCUT2D eigenvalue weighted by molar-refractivity contribution is 0.794. The Morgan fingerprint density at radius 1 is 0.254 bits per heavy atom. The molecule has 1 spiro atoms. The van der Waals surface area contributed by atoms with E-state index in [4.69, 9.17) is 9.97 Å². The molecule has 310 valence electrons. The van der Waals surface area contributed by atoms with Crippen LogP contribution in [0.1, 0.15) is 22.3 Å². The van der Waals surface area contributed by atoms with Crippen molar-refractivity contribution in [1.29, 1.82) is 0 Å². The van der Waals surface area contributed by atoms with Crippen LogP contribution in [0.5, 0.6) is 0 Å². The normalized spacial score (nSPS) is 12.9. The van der Waals surface area contributed by atoms with Crippen LogP contribution in [0.4, 0.5) is 0 Å². The lowest BCUT2D eigenvalue weighted by Gasteiger charge is -2.30. The highest BCUT2D eigenvalue weighted by molar-refractivity contribution is 6.20. The van der Waals surface area contributed by atoms with Gasteiger partial charge in [0.2, 0.25) is 0 Å². The van der Waals surface area contributed by atoms with Gasteiger partial charge in [0.05, 0.1) is 16.8 Å². The van der Waals surface area contributed by atoms with E-state index in [1.807, 2.05) is 0 Å². The summed E-state index contributed by atoms with van der Waals surface area (Å²) < 4.78 is 0. The molecule has 0 unspecified atom stereocenters. The van der Waals surface area contributed by atoms with Crippen LogP contribution in [-0.4, -0.2) is 9.97 Å². The van der Waals surface area contributed by atoms with Crippen molar-refractivity contribution in [3.05, 3.63) is 265 Å². The molecule has 11 aromatic carbocycles. The van der Waals surface area contributed by atoms with E-state index < -0.39 is 5.41 Å². The van der Waals surface area contributed by atoms with Crippen molar-refractivity contribution in [3.8, 4) is 78.4 Å². The summed E-state index contributed by atoms with van der Waals surface area (Å²) in [7, 11) is 0. The second-order valence-electron chi connectivity index (χ2n) is 17.9. The van der Waals surface area contributed by atoms with Crippen molar-refractivity contribution in [2.75, 3.05) is 0 Å². The summed E-state index contributed by atoms with van der Waals surface area (Å²) in [6.45, 7) is 0. The Labute approximate surface area is 389 Å². The van der Waals surface area contributed by atoms with Gasteiger partial charge in [0, 0.05) is 16.7 Å². The zero-order valence-corrected chi connectivity index (χ0v) is 36.5. The van der Waals surface area contributed by atoms with Gasteiger partial charge >= 0.3 is 0 Å². The second-order valence-corrected chi connectivity index (χ2v) is 17.9. The largest absolute Gasteiger partial charge is 0.228 e. The van der Waals surface area contributed by atoms with Crippen LogP contribution >= 0.6 is 0 Å². The van der Waals surface area contributed by atoms with E-state index in [2.05, 4.69) is 243 Å². The van der Waals surface area contributed by atoms with E-state index >= 15 is 0 Å². The molecule has 0 saturated heterocycles. The zero-order valence-electron chi connectivity index (χ0n) is 36.5. The highest BCUT2D eigenvalue weighted by atomic mass is 14.9. The molecular formula is C65H40N2. The van der Waals surface area contributed by atoms with Crippen LogP contribution < -0.4 is 0 Å². The lowest BCUT2D eigenvalue weighted by atomic mass is 9.70. The highest BCUT2D eigenvalue weighted by Gasteiger charge is 2.52. The molecule has 0 bridgehead atoms. The first-order valence-corrected chi connectivity index (χ1v) is 23.1. The van der Waals surface area contributed by atoms with Gasteiger partial charge in [-0.05, 0) is 111 Å². The van der Waals surface area contributed by atoms with E-state index in [0.717, 1.165) is 44.8 Å². The molecule has 0 fully saturated rings. The van der Waals surface area contributed by atoms with Crippen LogP contribution in [0.15, 0.2) is 243 Å². The summed E-state index contributed by atoms with van der Waals surface area (Å²) in [6.07, 6.45) is 0. The Bertz CT molecular complexity index is 3930. The van der Waals surface area contributed by atoms with Gasteiger partial charge in [-0.2, -0.15) is 0 Å². The second kappa shape index (κ2) is 14.7. The summed E-state index contributed by atoms with van der Waals surface area (Å²) in [5.74, 6) is 0.686. The fourth-order valence-corrected chi connectivity index (χ4v) is 11.7. The molecule has 2 heteroatoms. The maximum Gasteiger partial charge on any atom is 0.160 e. The van der Waals surface area contributed by atoms with Gasteiger partial charge in [0.15, 0.2) is 5.82 Å². The van der Waals surface area contributed by atoms with Crippen LogP contribution in [0.2, 0.25) is 0 Å². The smallest absolute Gasteiger partial charge is 0.160 e. The average Bonchev–Trinajstić information content (AvgIpc) is 3.88. The number of rotatable bonds is 5. The van der Waals surface area contributed by atoms with E-state index in [9.17, 15) is 0 Å². The molecule has 1 aromatic heterocycles. The molecule has 0 saturated carbocycles. The third kappa shape index (κ3) is 5.51. The standard InChI is InChI=1S/C65H40N2/c1-2-17-41(18-3-1)46-21-8-9-26-51(46)60-40-61(54-28-16-32-59-63(54)53-27-12-15-31-58(53)65(59)56-29-13-10-24-49(56)50-25-11-14-30-57(50)65)67-64(66-60)44-35-33-43(34-36-44)62-48-23-7-5-20-45(48)39-55-47-22-6-4-19-42(47)37-38-52(55)62/h1-40H. The molecule has 0 amide bonds. The van der Waals surface area contributed by atoms with Crippen molar-refractivity contribution < 1.29 is 0 Å². The summed E-state index contributed by atoms with van der Waals surface area (Å²) >= 11 is 0. The number of benzene rings is 11. The first-order chi connectivity index (χ1) is 33.2. The van der Waals surface area contributed by atoms with Gasteiger partial charge in [-0.1, -0.05) is 231 Å². The Balaban J connectivity index is 0.994. The predicted octanol–water partition coefficient (Wildman–Crippen LogP) is 16.6. The summed E-state index contributed by atoms with van der Waals surface area (Å²) in [5, 5.41) is 7.48. The molecule has 67 heavy (non-hydrogen) atoms. The number of nitrogens with zero attached hydrogens (tertiary/aromatic N) is 2. The molecule has 2 aliphatic carbocycles.